The Morgan fingerprint density at radius 3 is 2.47 bits per heavy atom. The number of Topliss-reactive ketones (excluding diaryl/α,β-unsaturated/α-hetero) is 1. The van der Waals surface area contributed by atoms with Crippen LogP contribution in [-0.4, -0.2) is 47.3 Å². The number of fused-ring (bicyclic) bond motifs is 3. The number of benzene rings is 2. The van der Waals surface area contributed by atoms with E-state index in [9.17, 15) is 19.2 Å². The number of para-hydroxylation sites is 1. The molecule has 1 atom stereocenters. The molecule has 1 saturated heterocycles. The first kappa shape index (κ1) is 19.8. The van der Waals surface area contributed by atoms with Crippen LogP contribution in [0.15, 0.2) is 54.6 Å². The molecule has 1 fully saturated rings. The van der Waals surface area contributed by atoms with Crippen LogP contribution in [0.3, 0.4) is 0 Å². The maximum Gasteiger partial charge on any atom is 0.354 e. The van der Waals surface area contributed by atoms with Crippen molar-refractivity contribution < 1.29 is 23.9 Å². The highest BCUT2D eigenvalue weighted by Crippen LogP contribution is 2.45. The smallest absolute Gasteiger partial charge is 0.354 e. The summed E-state index contributed by atoms with van der Waals surface area (Å²) < 4.78 is 5.41. The van der Waals surface area contributed by atoms with Gasteiger partial charge in [0.15, 0.2) is 12.4 Å². The lowest BCUT2D eigenvalue weighted by Gasteiger charge is -2.48. The highest BCUT2D eigenvalue weighted by atomic mass is 16.5. The first-order valence-electron chi connectivity index (χ1n) is 10.00. The molecule has 2 aromatic rings. The summed E-state index contributed by atoms with van der Waals surface area (Å²) in [6.45, 7) is 1.73. The predicted molar refractivity (Wildman–Crippen MR) is 109 cm³/mol. The summed E-state index contributed by atoms with van der Waals surface area (Å²) in [6.07, 6.45) is 0.849. The monoisotopic (exact) mass is 406 g/mol. The maximum atomic E-state index is 13.4. The summed E-state index contributed by atoms with van der Waals surface area (Å²) in [7, 11) is 0. The lowest BCUT2D eigenvalue weighted by Crippen LogP contribution is -2.68. The van der Waals surface area contributed by atoms with Crippen LogP contribution < -0.4 is 4.90 Å². The van der Waals surface area contributed by atoms with Gasteiger partial charge in [-0.2, -0.15) is 0 Å². The number of esters is 1. The third-order valence-electron chi connectivity index (χ3n) is 5.58. The normalized spacial score (nSPS) is 20.0. The molecular formula is C23H22N2O5. The minimum absolute atomic E-state index is 0.115. The number of hydrogen-bond acceptors (Lipinski definition) is 5. The van der Waals surface area contributed by atoms with Crippen LogP contribution >= 0.6 is 0 Å². The van der Waals surface area contributed by atoms with E-state index < -0.39 is 18.2 Å². The first-order chi connectivity index (χ1) is 14.5. The summed E-state index contributed by atoms with van der Waals surface area (Å²) in [6, 6.07) is 15.3. The van der Waals surface area contributed by atoms with Gasteiger partial charge in [-0.3, -0.25) is 19.3 Å². The van der Waals surface area contributed by atoms with E-state index in [0.29, 0.717) is 29.8 Å². The van der Waals surface area contributed by atoms with Gasteiger partial charge in [0, 0.05) is 24.9 Å². The minimum Gasteiger partial charge on any atom is -0.454 e. The molecule has 2 amide bonds. The van der Waals surface area contributed by atoms with E-state index in [1.807, 2.05) is 6.92 Å². The van der Waals surface area contributed by atoms with Crippen LogP contribution in [-0.2, 0) is 14.3 Å². The second-order valence-corrected chi connectivity index (χ2v) is 7.39. The molecule has 7 nitrogen and oxygen atoms in total. The van der Waals surface area contributed by atoms with Crippen LogP contribution in [0.4, 0.5) is 5.69 Å². The molecule has 2 aliphatic heterocycles. The van der Waals surface area contributed by atoms with Gasteiger partial charge >= 0.3 is 5.97 Å². The van der Waals surface area contributed by atoms with E-state index in [1.54, 1.807) is 54.6 Å². The fourth-order valence-corrected chi connectivity index (χ4v) is 4.23. The number of anilines is 1. The van der Waals surface area contributed by atoms with Crippen molar-refractivity contribution in [3.8, 4) is 0 Å². The van der Waals surface area contributed by atoms with Gasteiger partial charge in [-0.25, -0.2) is 4.79 Å². The van der Waals surface area contributed by atoms with Crippen LogP contribution in [0.5, 0.6) is 0 Å². The van der Waals surface area contributed by atoms with Gasteiger partial charge in [-0.1, -0.05) is 49.4 Å². The Balaban J connectivity index is 1.69. The maximum absolute atomic E-state index is 13.4. The van der Waals surface area contributed by atoms with Gasteiger partial charge in [0.25, 0.3) is 5.91 Å². The van der Waals surface area contributed by atoms with Crippen molar-refractivity contribution in [2.45, 2.75) is 31.8 Å². The van der Waals surface area contributed by atoms with E-state index in [2.05, 4.69) is 0 Å². The number of rotatable bonds is 6. The second-order valence-electron chi connectivity index (χ2n) is 7.39. The van der Waals surface area contributed by atoms with E-state index >= 15 is 0 Å². The Morgan fingerprint density at radius 1 is 1.03 bits per heavy atom. The Hall–Kier alpha value is -3.48. The highest BCUT2D eigenvalue weighted by Gasteiger charge is 2.61. The van der Waals surface area contributed by atoms with Gasteiger partial charge in [0.2, 0.25) is 11.6 Å². The van der Waals surface area contributed by atoms with Crippen molar-refractivity contribution in [3.63, 3.8) is 0 Å². The molecule has 0 spiro atoms. The van der Waals surface area contributed by atoms with E-state index in [-0.39, 0.29) is 30.4 Å². The third-order valence-corrected chi connectivity index (χ3v) is 5.58. The van der Waals surface area contributed by atoms with Gasteiger partial charge in [0.05, 0.1) is 11.3 Å². The molecule has 0 N–H and O–H groups in total. The fraction of sp³-hybridized carbons (Fsp3) is 0.304. The van der Waals surface area contributed by atoms with Crippen molar-refractivity contribution in [1.82, 2.24) is 4.90 Å². The number of carbonyl (C=O) groups excluding carboxylic acids is 4. The average Bonchev–Trinajstić information content (AvgIpc) is 3.13. The fourth-order valence-electron chi connectivity index (χ4n) is 4.23. The molecule has 2 heterocycles. The van der Waals surface area contributed by atoms with Crippen molar-refractivity contribution in [2.75, 3.05) is 18.1 Å². The van der Waals surface area contributed by atoms with Crippen molar-refractivity contribution in [1.29, 1.82) is 0 Å². The Bertz CT molecular complexity index is 1020. The molecule has 2 aliphatic rings. The molecule has 0 aliphatic carbocycles. The molecule has 0 radical (unpaired) electrons. The Morgan fingerprint density at radius 2 is 1.73 bits per heavy atom. The molecule has 0 saturated carbocycles. The average molecular weight is 406 g/mol. The molecule has 0 aromatic heterocycles. The largest absolute Gasteiger partial charge is 0.454 e. The summed E-state index contributed by atoms with van der Waals surface area (Å²) in [5.74, 6) is -1.66. The number of carbonyl (C=O) groups is 4. The lowest BCUT2D eigenvalue weighted by atomic mass is 9.96. The summed E-state index contributed by atoms with van der Waals surface area (Å²) >= 11 is 0. The number of amides is 2. The van der Waals surface area contributed by atoms with Crippen molar-refractivity contribution in [2.24, 2.45) is 0 Å². The molecule has 30 heavy (non-hydrogen) atoms. The molecule has 0 unspecified atom stereocenters. The van der Waals surface area contributed by atoms with Gasteiger partial charge in [-0.05, 0) is 18.6 Å². The second kappa shape index (κ2) is 7.74. The van der Waals surface area contributed by atoms with Crippen LogP contribution in [0.2, 0.25) is 0 Å². The van der Waals surface area contributed by atoms with E-state index in [1.165, 1.54) is 9.80 Å². The molecule has 2 aromatic carbocycles. The summed E-state index contributed by atoms with van der Waals surface area (Å²) in [5.41, 5.74) is -0.346. The first-order valence-corrected chi connectivity index (χ1v) is 10.00. The third kappa shape index (κ3) is 2.98. The zero-order valence-corrected chi connectivity index (χ0v) is 16.7. The van der Waals surface area contributed by atoms with Crippen LogP contribution in [0.25, 0.3) is 0 Å². The quantitative estimate of drug-likeness (QED) is 0.544. The zero-order chi connectivity index (χ0) is 21.3. The summed E-state index contributed by atoms with van der Waals surface area (Å²) in [4.78, 5) is 54.6. The Labute approximate surface area is 174 Å². The van der Waals surface area contributed by atoms with Gasteiger partial charge < -0.3 is 9.64 Å². The molecular weight excluding hydrogens is 384 g/mol. The topological polar surface area (TPSA) is 84.0 Å². The standard InChI is InChI=1S/C23H22N2O5/c1-2-14-24-21(28)17-10-6-7-11-18(17)25-20(27)12-13-23(24,25)22(29)30-15-19(26)16-8-4-3-5-9-16/h3-11H,2,12-15H2,1H3/t23-/m0/s1. The lowest BCUT2D eigenvalue weighted by molar-refractivity contribution is -0.156. The number of ketones is 1. The minimum atomic E-state index is -1.56. The molecule has 0 bridgehead atoms. The van der Waals surface area contributed by atoms with E-state index in [4.69, 9.17) is 4.74 Å². The summed E-state index contributed by atoms with van der Waals surface area (Å²) in [5, 5.41) is 0. The van der Waals surface area contributed by atoms with Gasteiger partial charge in [0.1, 0.15) is 0 Å². The van der Waals surface area contributed by atoms with Crippen LogP contribution in [0, 0.1) is 0 Å². The van der Waals surface area contributed by atoms with Crippen LogP contribution in [0.1, 0.15) is 46.9 Å². The van der Waals surface area contributed by atoms with Crippen molar-refractivity contribution in [3.05, 3.63) is 65.7 Å². The SMILES string of the molecule is CCCN1C(=O)c2ccccc2N2C(=O)CC[C@]12C(=O)OCC(=O)c1ccccc1. The zero-order valence-electron chi connectivity index (χ0n) is 16.7. The number of hydrogen-bond donors (Lipinski definition) is 0. The Kier molecular flexibility index (Phi) is 5.11. The number of ether oxygens (including phenoxy) is 1. The molecule has 154 valence electrons. The van der Waals surface area contributed by atoms with Gasteiger partial charge in [-0.15, -0.1) is 0 Å². The molecule has 4 rings (SSSR count). The van der Waals surface area contributed by atoms with E-state index in [0.717, 1.165) is 0 Å². The molecule has 7 heteroatoms. The number of nitrogens with zero attached hydrogens (tertiary/aromatic N) is 2. The van der Waals surface area contributed by atoms with Crippen molar-refractivity contribution >= 4 is 29.3 Å². The predicted octanol–water partition coefficient (Wildman–Crippen LogP) is 2.80. The highest BCUT2D eigenvalue weighted by molar-refractivity contribution is 6.15.